The fourth-order valence-corrected chi connectivity index (χ4v) is 1.32. The molecule has 0 bridgehead atoms. The molecular weight excluding hydrogens is 204 g/mol. The van der Waals surface area contributed by atoms with Crippen LogP contribution < -0.4 is 11.1 Å². The largest absolute Gasteiger partial charge is 0.445 e. The maximum Gasteiger partial charge on any atom is 0.407 e. The van der Waals surface area contributed by atoms with Crippen LogP contribution in [0.25, 0.3) is 0 Å². The van der Waals surface area contributed by atoms with Crippen LogP contribution in [0.3, 0.4) is 0 Å². The molecule has 16 heavy (non-hydrogen) atoms. The quantitative estimate of drug-likeness (QED) is 0.816. The standard InChI is InChI=1S/C12H18N2O2/c1-9(2)14-12(15)16-8-11-6-4-3-5-10(11)7-13/h3-6,9H,7-8,13H2,1-2H3,(H,14,15). The summed E-state index contributed by atoms with van der Waals surface area (Å²) in [5.41, 5.74) is 7.53. The molecule has 0 aliphatic carbocycles. The van der Waals surface area contributed by atoms with Crippen LogP contribution in [0.2, 0.25) is 0 Å². The Morgan fingerprint density at radius 3 is 2.56 bits per heavy atom. The van der Waals surface area contributed by atoms with E-state index in [4.69, 9.17) is 10.5 Å². The maximum atomic E-state index is 11.3. The summed E-state index contributed by atoms with van der Waals surface area (Å²) in [7, 11) is 0. The van der Waals surface area contributed by atoms with Gasteiger partial charge in [-0.1, -0.05) is 24.3 Å². The number of nitrogens with two attached hydrogens (primary N) is 1. The molecule has 0 atom stereocenters. The molecule has 0 aliphatic rings. The highest BCUT2D eigenvalue weighted by atomic mass is 16.5. The third kappa shape index (κ3) is 3.90. The summed E-state index contributed by atoms with van der Waals surface area (Å²) in [4.78, 5) is 11.3. The third-order valence-corrected chi connectivity index (χ3v) is 2.10. The Kier molecular flexibility index (Phi) is 4.79. The lowest BCUT2D eigenvalue weighted by Gasteiger charge is -2.11. The first-order valence-corrected chi connectivity index (χ1v) is 5.33. The predicted octanol–water partition coefficient (Wildman–Crippen LogP) is 1.78. The van der Waals surface area contributed by atoms with Crippen molar-refractivity contribution < 1.29 is 9.53 Å². The van der Waals surface area contributed by atoms with Gasteiger partial charge in [-0.2, -0.15) is 0 Å². The van der Waals surface area contributed by atoms with Gasteiger partial charge >= 0.3 is 6.09 Å². The van der Waals surface area contributed by atoms with E-state index in [1.54, 1.807) is 0 Å². The normalized spacial score (nSPS) is 10.2. The van der Waals surface area contributed by atoms with E-state index in [0.717, 1.165) is 11.1 Å². The van der Waals surface area contributed by atoms with Crippen molar-refractivity contribution in [3.63, 3.8) is 0 Å². The second kappa shape index (κ2) is 6.12. The van der Waals surface area contributed by atoms with E-state index in [1.807, 2.05) is 38.1 Å². The number of alkyl carbamates (subject to hydrolysis) is 1. The molecule has 3 N–H and O–H groups in total. The average Bonchev–Trinajstić information content (AvgIpc) is 2.26. The Bertz CT molecular complexity index is 351. The van der Waals surface area contributed by atoms with Crippen LogP contribution in [-0.4, -0.2) is 12.1 Å². The van der Waals surface area contributed by atoms with Gasteiger partial charge in [-0.15, -0.1) is 0 Å². The van der Waals surface area contributed by atoms with Crippen LogP contribution >= 0.6 is 0 Å². The Morgan fingerprint density at radius 1 is 1.38 bits per heavy atom. The Balaban J connectivity index is 2.51. The van der Waals surface area contributed by atoms with Crippen LogP contribution in [0.5, 0.6) is 0 Å². The zero-order valence-electron chi connectivity index (χ0n) is 9.69. The summed E-state index contributed by atoms with van der Waals surface area (Å²) in [6.07, 6.45) is -0.401. The molecule has 0 saturated carbocycles. The smallest absolute Gasteiger partial charge is 0.407 e. The highest BCUT2D eigenvalue weighted by molar-refractivity contribution is 5.67. The van der Waals surface area contributed by atoms with Gasteiger partial charge in [0.25, 0.3) is 0 Å². The fraction of sp³-hybridized carbons (Fsp3) is 0.417. The van der Waals surface area contributed by atoms with Crippen molar-refractivity contribution in [2.45, 2.75) is 33.0 Å². The molecule has 4 nitrogen and oxygen atoms in total. The second-order valence-corrected chi connectivity index (χ2v) is 3.85. The van der Waals surface area contributed by atoms with Gasteiger partial charge in [-0.05, 0) is 25.0 Å². The van der Waals surface area contributed by atoms with Crippen molar-refractivity contribution in [3.8, 4) is 0 Å². The van der Waals surface area contributed by atoms with Crippen LogP contribution in [-0.2, 0) is 17.9 Å². The average molecular weight is 222 g/mol. The molecule has 0 heterocycles. The topological polar surface area (TPSA) is 64.3 Å². The number of nitrogens with one attached hydrogen (secondary N) is 1. The SMILES string of the molecule is CC(C)NC(=O)OCc1ccccc1CN. The number of carbonyl (C=O) groups is 1. The number of hydrogen-bond acceptors (Lipinski definition) is 3. The van der Waals surface area contributed by atoms with Gasteiger partial charge in [-0.25, -0.2) is 4.79 Å². The molecule has 0 aliphatic heterocycles. The summed E-state index contributed by atoms with van der Waals surface area (Å²) in [5, 5.41) is 2.66. The van der Waals surface area contributed by atoms with Crippen molar-refractivity contribution in [3.05, 3.63) is 35.4 Å². The molecular formula is C12H18N2O2. The minimum Gasteiger partial charge on any atom is -0.445 e. The van der Waals surface area contributed by atoms with E-state index in [9.17, 15) is 4.79 Å². The van der Waals surface area contributed by atoms with Crippen molar-refractivity contribution in [1.82, 2.24) is 5.32 Å². The van der Waals surface area contributed by atoms with Crippen LogP contribution in [0.1, 0.15) is 25.0 Å². The molecule has 0 unspecified atom stereocenters. The van der Waals surface area contributed by atoms with Gasteiger partial charge in [0.15, 0.2) is 0 Å². The first kappa shape index (κ1) is 12.5. The molecule has 0 radical (unpaired) electrons. The molecule has 1 aromatic carbocycles. The molecule has 1 amide bonds. The van der Waals surface area contributed by atoms with Gasteiger partial charge < -0.3 is 15.8 Å². The Hall–Kier alpha value is -1.55. The second-order valence-electron chi connectivity index (χ2n) is 3.85. The van der Waals surface area contributed by atoms with Crippen LogP contribution in [0.4, 0.5) is 4.79 Å². The van der Waals surface area contributed by atoms with E-state index < -0.39 is 6.09 Å². The lowest BCUT2D eigenvalue weighted by molar-refractivity contribution is 0.137. The number of carbonyl (C=O) groups excluding carboxylic acids is 1. The van der Waals surface area contributed by atoms with Crippen molar-refractivity contribution in [2.75, 3.05) is 0 Å². The maximum absolute atomic E-state index is 11.3. The molecule has 0 spiro atoms. The first-order chi connectivity index (χ1) is 7.63. The number of rotatable bonds is 4. The first-order valence-electron chi connectivity index (χ1n) is 5.33. The number of hydrogen-bond donors (Lipinski definition) is 2. The van der Waals surface area contributed by atoms with Crippen molar-refractivity contribution in [1.29, 1.82) is 0 Å². The zero-order valence-corrected chi connectivity index (χ0v) is 9.69. The molecule has 0 aromatic heterocycles. The highest BCUT2D eigenvalue weighted by Crippen LogP contribution is 2.09. The number of amides is 1. The van der Waals surface area contributed by atoms with Crippen LogP contribution in [0, 0.1) is 0 Å². The summed E-state index contributed by atoms with van der Waals surface area (Å²) < 4.78 is 5.08. The summed E-state index contributed by atoms with van der Waals surface area (Å²) >= 11 is 0. The van der Waals surface area contributed by atoms with Gasteiger partial charge in [0.1, 0.15) is 6.61 Å². The van der Waals surface area contributed by atoms with Gasteiger partial charge in [0, 0.05) is 12.6 Å². The number of benzene rings is 1. The minimum atomic E-state index is -0.401. The van der Waals surface area contributed by atoms with Gasteiger partial charge in [0.05, 0.1) is 0 Å². The highest BCUT2D eigenvalue weighted by Gasteiger charge is 2.06. The lowest BCUT2D eigenvalue weighted by Crippen LogP contribution is -2.30. The molecule has 0 fully saturated rings. The van der Waals surface area contributed by atoms with E-state index >= 15 is 0 Å². The van der Waals surface area contributed by atoms with E-state index in [-0.39, 0.29) is 12.6 Å². The Morgan fingerprint density at radius 2 is 2.00 bits per heavy atom. The van der Waals surface area contributed by atoms with E-state index in [0.29, 0.717) is 6.54 Å². The fourth-order valence-electron chi connectivity index (χ4n) is 1.32. The molecule has 0 saturated heterocycles. The molecule has 1 aromatic rings. The minimum absolute atomic E-state index is 0.0808. The lowest BCUT2D eigenvalue weighted by atomic mass is 10.1. The molecule has 1 rings (SSSR count). The van der Waals surface area contributed by atoms with E-state index in [2.05, 4.69) is 5.32 Å². The van der Waals surface area contributed by atoms with Crippen LogP contribution in [0.15, 0.2) is 24.3 Å². The van der Waals surface area contributed by atoms with Gasteiger partial charge in [-0.3, -0.25) is 0 Å². The summed E-state index contributed by atoms with van der Waals surface area (Å²) in [6, 6.07) is 7.74. The monoisotopic (exact) mass is 222 g/mol. The summed E-state index contributed by atoms with van der Waals surface area (Å²) in [6.45, 7) is 4.47. The van der Waals surface area contributed by atoms with E-state index in [1.165, 1.54) is 0 Å². The molecule has 4 heteroatoms. The Labute approximate surface area is 95.8 Å². The molecule has 88 valence electrons. The summed E-state index contributed by atoms with van der Waals surface area (Å²) in [5.74, 6) is 0. The van der Waals surface area contributed by atoms with Crippen molar-refractivity contribution >= 4 is 6.09 Å². The predicted molar refractivity (Wildman–Crippen MR) is 62.8 cm³/mol. The van der Waals surface area contributed by atoms with Gasteiger partial charge in [0.2, 0.25) is 0 Å². The number of ether oxygens (including phenoxy) is 1. The van der Waals surface area contributed by atoms with Crippen molar-refractivity contribution in [2.24, 2.45) is 5.73 Å². The third-order valence-electron chi connectivity index (χ3n) is 2.10. The zero-order chi connectivity index (χ0) is 12.0.